The van der Waals surface area contributed by atoms with E-state index in [2.05, 4.69) is 0 Å². The molecule has 0 fully saturated rings. The van der Waals surface area contributed by atoms with Crippen LogP contribution in [0.2, 0.25) is 0 Å². The second-order valence-corrected chi connectivity index (χ2v) is 5.70. The van der Waals surface area contributed by atoms with Gasteiger partial charge in [-0.25, -0.2) is 0 Å². The van der Waals surface area contributed by atoms with Crippen molar-refractivity contribution < 1.29 is 13.2 Å². The van der Waals surface area contributed by atoms with E-state index in [-0.39, 0.29) is 0 Å². The fraction of sp³-hybridized carbons (Fsp3) is 0.125. The summed E-state index contributed by atoms with van der Waals surface area (Å²) >= 11 is 1.54. The lowest BCUT2D eigenvalue weighted by molar-refractivity contribution is -0.137. The molecule has 2 aromatic carbocycles. The van der Waals surface area contributed by atoms with Crippen molar-refractivity contribution in [1.82, 2.24) is 0 Å². The zero-order valence-electron chi connectivity index (χ0n) is 10.9. The van der Waals surface area contributed by atoms with Crippen LogP contribution >= 0.6 is 11.3 Å². The minimum absolute atomic E-state index is 0.466. The Labute approximate surface area is 123 Å². The van der Waals surface area contributed by atoms with Gasteiger partial charge in [-0.2, -0.15) is 13.2 Å². The number of nitrogens with two attached hydrogens (primary N) is 1. The van der Waals surface area contributed by atoms with Crippen LogP contribution in [0.25, 0.3) is 10.1 Å². The van der Waals surface area contributed by atoms with Gasteiger partial charge in [0.1, 0.15) is 0 Å². The van der Waals surface area contributed by atoms with Crippen molar-refractivity contribution in [2.24, 2.45) is 5.73 Å². The molecule has 0 aliphatic carbocycles. The molecule has 0 amide bonds. The maximum atomic E-state index is 12.8. The number of hydrogen-bond donors (Lipinski definition) is 1. The van der Waals surface area contributed by atoms with Gasteiger partial charge in [-0.1, -0.05) is 30.3 Å². The fourth-order valence-electron chi connectivity index (χ4n) is 2.33. The second kappa shape index (κ2) is 5.16. The van der Waals surface area contributed by atoms with Gasteiger partial charge in [-0.05, 0) is 40.1 Å². The summed E-state index contributed by atoms with van der Waals surface area (Å²) in [5, 5.41) is 2.91. The standard InChI is InChI=1S/C16H12F3NS/c17-16(18,19)11-5-3-4-10(8-11)15(20)13-9-21-14-7-2-1-6-12(13)14/h1-9,15H,20H2. The molecule has 21 heavy (non-hydrogen) atoms. The van der Waals surface area contributed by atoms with Crippen molar-refractivity contribution in [1.29, 1.82) is 0 Å². The predicted molar refractivity (Wildman–Crippen MR) is 79.3 cm³/mol. The molecule has 0 aliphatic rings. The lowest BCUT2D eigenvalue weighted by Crippen LogP contribution is -2.13. The Bertz CT molecular complexity index is 776. The Hall–Kier alpha value is -1.85. The highest BCUT2D eigenvalue weighted by Crippen LogP contribution is 2.35. The Balaban J connectivity index is 2.04. The highest BCUT2D eigenvalue weighted by Gasteiger charge is 2.31. The van der Waals surface area contributed by atoms with E-state index in [9.17, 15) is 13.2 Å². The number of alkyl halides is 3. The maximum absolute atomic E-state index is 12.8. The Kier molecular flexibility index (Phi) is 3.47. The predicted octanol–water partition coefficient (Wildman–Crippen LogP) is 4.97. The molecular weight excluding hydrogens is 295 g/mol. The van der Waals surface area contributed by atoms with Crippen molar-refractivity contribution in [3.05, 3.63) is 70.6 Å². The largest absolute Gasteiger partial charge is 0.416 e. The van der Waals surface area contributed by atoms with Gasteiger partial charge in [-0.3, -0.25) is 0 Å². The molecule has 2 N–H and O–H groups in total. The first-order chi connectivity index (χ1) is 9.97. The summed E-state index contributed by atoms with van der Waals surface area (Å²) in [5.74, 6) is 0. The first-order valence-corrected chi connectivity index (χ1v) is 7.23. The summed E-state index contributed by atoms with van der Waals surface area (Å²) in [6.45, 7) is 0. The lowest BCUT2D eigenvalue weighted by atomic mass is 9.97. The van der Waals surface area contributed by atoms with Gasteiger partial charge in [0.15, 0.2) is 0 Å². The van der Waals surface area contributed by atoms with Crippen LogP contribution in [0.4, 0.5) is 13.2 Å². The van der Waals surface area contributed by atoms with Crippen LogP contribution in [0.5, 0.6) is 0 Å². The van der Waals surface area contributed by atoms with Crippen LogP contribution < -0.4 is 5.73 Å². The molecule has 0 saturated carbocycles. The van der Waals surface area contributed by atoms with Crippen molar-refractivity contribution in [2.75, 3.05) is 0 Å². The lowest BCUT2D eigenvalue weighted by Gasteiger charge is -2.14. The molecule has 3 rings (SSSR count). The third-order valence-electron chi connectivity index (χ3n) is 3.42. The van der Waals surface area contributed by atoms with Gasteiger partial charge < -0.3 is 5.73 Å². The van der Waals surface area contributed by atoms with Gasteiger partial charge in [0, 0.05) is 4.70 Å². The van der Waals surface area contributed by atoms with Crippen LogP contribution in [0, 0.1) is 0 Å². The van der Waals surface area contributed by atoms with Gasteiger partial charge in [0.2, 0.25) is 0 Å². The quantitative estimate of drug-likeness (QED) is 0.711. The second-order valence-electron chi connectivity index (χ2n) is 4.79. The average molecular weight is 307 g/mol. The molecule has 1 nitrogen and oxygen atoms in total. The van der Waals surface area contributed by atoms with Gasteiger partial charge in [-0.15, -0.1) is 11.3 Å². The van der Waals surface area contributed by atoms with Crippen LogP contribution in [0.15, 0.2) is 53.9 Å². The van der Waals surface area contributed by atoms with E-state index in [1.54, 1.807) is 17.4 Å². The topological polar surface area (TPSA) is 26.0 Å². The van der Waals surface area contributed by atoms with Crippen LogP contribution in [0.3, 0.4) is 0 Å². The third kappa shape index (κ3) is 2.66. The molecule has 5 heteroatoms. The van der Waals surface area contributed by atoms with Crippen molar-refractivity contribution >= 4 is 21.4 Å². The molecule has 1 unspecified atom stereocenters. The molecule has 108 valence electrons. The zero-order chi connectivity index (χ0) is 15.0. The van der Waals surface area contributed by atoms with Gasteiger partial charge >= 0.3 is 6.18 Å². The molecular formula is C16H12F3NS. The van der Waals surface area contributed by atoms with E-state index < -0.39 is 17.8 Å². The first-order valence-electron chi connectivity index (χ1n) is 6.35. The molecule has 3 aromatic rings. The van der Waals surface area contributed by atoms with Crippen molar-refractivity contribution in [2.45, 2.75) is 12.2 Å². The molecule has 0 aliphatic heterocycles. The monoisotopic (exact) mass is 307 g/mol. The smallest absolute Gasteiger partial charge is 0.320 e. The summed E-state index contributed by atoms with van der Waals surface area (Å²) in [7, 11) is 0. The number of hydrogen-bond acceptors (Lipinski definition) is 2. The molecule has 1 atom stereocenters. The Morgan fingerprint density at radius 1 is 1.00 bits per heavy atom. The number of rotatable bonds is 2. The van der Waals surface area contributed by atoms with E-state index in [1.165, 1.54) is 6.07 Å². The summed E-state index contributed by atoms with van der Waals surface area (Å²) < 4.78 is 39.4. The highest BCUT2D eigenvalue weighted by atomic mass is 32.1. The molecule has 0 saturated heterocycles. The minimum atomic E-state index is -4.35. The molecule has 0 spiro atoms. The number of halogens is 3. The van der Waals surface area contributed by atoms with Crippen molar-refractivity contribution in [3.8, 4) is 0 Å². The number of benzene rings is 2. The summed E-state index contributed by atoms with van der Waals surface area (Å²) in [6.07, 6.45) is -4.35. The van der Waals surface area contributed by atoms with E-state index in [0.29, 0.717) is 5.56 Å². The number of fused-ring (bicyclic) bond motifs is 1. The van der Waals surface area contributed by atoms with Crippen molar-refractivity contribution in [3.63, 3.8) is 0 Å². The summed E-state index contributed by atoms with van der Waals surface area (Å²) in [4.78, 5) is 0. The van der Waals surface area contributed by atoms with E-state index >= 15 is 0 Å². The van der Waals surface area contributed by atoms with Crippen LogP contribution in [-0.4, -0.2) is 0 Å². The SMILES string of the molecule is NC(c1cccc(C(F)(F)F)c1)c1csc2ccccc12. The normalized spacial score (nSPS) is 13.5. The van der Waals surface area contributed by atoms with Crippen LogP contribution in [-0.2, 0) is 6.18 Å². The molecule has 1 heterocycles. The Morgan fingerprint density at radius 3 is 2.52 bits per heavy atom. The molecule has 1 aromatic heterocycles. The van der Waals surface area contributed by atoms with E-state index in [1.807, 2.05) is 29.6 Å². The van der Waals surface area contributed by atoms with E-state index in [0.717, 1.165) is 27.8 Å². The Morgan fingerprint density at radius 2 is 1.76 bits per heavy atom. The number of thiophene rings is 1. The van der Waals surface area contributed by atoms with Gasteiger partial charge in [0.25, 0.3) is 0 Å². The molecule has 0 bridgehead atoms. The zero-order valence-corrected chi connectivity index (χ0v) is 11.7. The maximum Gasteiger partial charge on any atom is 0.416 e. The molecule has 0 radical (unpaired) electrons. The first kappa shape index (κ1) is 14.1. The average Bonchev–Trinajstić information content (AvgIpc) is 2.90. The fourth-order valence-corrected chi connectivity index (χ4v) is 3.32. The summed E-state index contributed by atoms with van der Waals surface area (Å²) in [6, 6.07) is 12.4. The van der Waals surface area contributed by atoms with Crippen LogP contribution in [0.1, 0.15) is 22.7 Å². The minimum Gasteiger partial charge on any atom is -0.320 e. The summed E-state index contributed by atoms with van der Waals surface area (Å²) in [5.41, 5.74) is 6.83. The van der Waals surface area contributed by atoms with E-state index in [4.69, 9.17) is 5.73 Å². The third-order valence-corrected chi connectivity index (χ3v) is 4.40. The highest BCUT2D eigenvalue weighted by molar-refractivity contribution is 7.17. The van der Waals surface area contributed by atoms with Gasteiger partial charge in [0.05, 0.1) is 11.6 Å².